The van der Waals surface area contributed by atoms with Crippen LogP contribution in [0.1, 0.15) is 26.3 Å². The van der Waals surface area contributed by atoms with Crippen LogP contribution < -0.4 is 5.32 Å². The second-order valence-corrected chi connectivity index (χ2v) is 7.66. The number of anilines is 1. The van der Waals surface area contributed by atoms with Crippen molar-refractivity contribution < 1.29 is 18.8 Å². The number of rotatable bonds is 5. The van der Waals surface area contributed by atoms with Gasteiger partial charge in [-0.1, -0.05) is 12.1 Å². The van der Waals surface area contributed by atoms with Crippen molar-refractivity contribution in [2.75, 3.05) is 19.4 Å². The number of halogens is 1. The second-order valence-electron chi connectivity index (χ2n) is 7.66. The molecule has 8 heteroatoms. The standard InChI is InChI=1S/C20H24FN3O4/c1-20(2,3)28-19(25)22-17-10-14(12-23(4)5)16(11-18(17)24(26)27)13-6-8-15(21)9-7-13/h6-11H,12H2,1-5H3,(H,22,25). The molecular weight excluding hydrogens is 365 g/mol. The lowest BCUT2D eigenvalue weighted by Crippen LogP contribution is -2.27. The Hall–Kier alpha value is -3.00. The molecule has 0 aromatic heterocycles. The van der Waals surface area contributed by atoms with E-state index in [0.717, 1.165) is 5.56 Å². The smallest absolute Gasteiger partial charge is 0.412 e. The molecule has 0 heterocycles. The fourth-order valence-electron chi connectivity index (χ4n) is 2.67. The molecule has 28 heavy (non-hydrogen) atoms. The molecule has 1 N–H and O–H groups in total. The first-order valence-corrected chi connectivity index (χ1v) is 8.68. The third-order valence-corrected chi connectivity index (χ3v) is 3.70. The van der Waals surface area contributed by atoms with E-state index in [4.69, 9.17) is 4.74 Å². The molecule has 0 unspecified atom stereocenters. The number of nitro benzene ring substituents is 1. The zero-order chi connectivity index (χ0) is 21.1. The monoisotopic (exact) mass is 389 g/mol. The van der Waals surface area contributed by atoms with Crippen LogP contribution in [0.25, 0.3) is 11.1 Å². The minimum absolute atomic E-state index is 0.0435. The molecule has 1 amide bonds. The summed E-state index contributed by atoms with van der Waals surface area (Å²) in [6.07, 6.45) is -0.777. The van der Waals surface area contributed by atoms with E-state index in [1.807, 2.05) is 19.0 Å². The number of hydrogen-bond donors (Lipinski definition) is 1. The third-order valence-electron chi connectivity index (χ3n) is 3.70. The van der Waals surface area contributed by atoms with Crippen LogP contribution in [0, 0.1) is 15.9 Å². The van der Waals surface area contributed by atoms with Gasteiger partial charge in [0.15, 0.2) is 0 Å². The van der Waals surface area contributed by atoms with Crippen molar-refractivity contribution in [3.05, 3.63) is 57.9 Å². The normalized spacial score (nSPS) is 11.4. The first kappa shape index (κ1) is 21.3. The molecule has 0 fully saturated rings. The van der Waals surface area contributed by atoms with Gasteiger partial charge in [0.1, 0.15) is 17.1 Å². The van der Waals surface area contributed by atoms with Gasteiger partial charge in [-0.05, 0) is 69.8 Å². The molecule has 2 aromatic carbocycles. The average Bonchev–Trinajstić information content (AvgIpc) is 2.53. The van der Waals surface area contributed by atoms with Crippen molar-refractivity contribution in [2.45, 2.75) is 32.9 Å². The molecular formula is C20H24FN3O4. The number of nitrogens with zero attached hydrogens (tertiary/aromatic N) is 2. The minimum atomic E-state index is -0.777. The summed E-state index contributed by atoms with van der Waals surface area (Å²) in [5.74, 6) is -0.393. The fourth-order valence-corrected chi connectivity index (χ4v) is 2.67. The Morgan fingerprint density at radius 1 is 1.21 bits per heavy atom. The lowest BCUT2D eigenvalue weighted by molar-refractivity contribution is -0.383. The molecule has 0 saturated carbocycles. The third kappa shape index (κ3) is 5.75. The largest absolute Gasteiger partial charge is 0.444 e. The second kappa shape index (κ2) is 8.35. The molecule has 0 atom stereocenters. The van der Waals surface area contributed by atoms with Gasteiger partial charge < -0.3 is 9.64 Å². The molecule has 2 rings (SSSR count). The number of nitro groups is 1. The van der Waals surface area contributed by atoms with Crippen molar-refractivity contribution in [1.82, 2.24) is 4.90 Å². The highest BCUT2D eigenvalue weighted by atomic mass is 19.1. The Kier molecular flexibility index (Phi) is 6.35. The predicted octanol–water partition coefficient (Wildman–Crippen LogP) is 4.81. The molecule has 0 spiro atoms. The van der Waals surface area contributed by atoms with Crippen LogP contribution in [0.4, 0.5) is 20.6 Å². The van der Waals surface area contributed by atoms with E-state index in [-0.39, 0.29) is 11.4 Å². The van der Waals surface area contributed by atoms with E-state index in [9.17, 15) is 19.3 Å². The van der Waals surface area contributed by atoms with Crippen LogP contribution in [-0.4, -0.2) is 35.6 Å². The molecule has 150 valence electrons. The topological polar surface area (TPSA) is 84.7 Å². The van der Waals surface area contributed by atoms with Gasteiger partial charge in [-0.2, -0.15) is 0 Å². The lowest BCUT2D eigenvalue weighted by Gasteiger charge is -2.20. The predicted molar refractivity (Wildman–Crippen MR) is 106 cm³/mol. The number of amides is 1. The summed E-state index contributed by atoms with van der Waals surface area (Å²) in [5, 5.41) is 14.1. The van der Waals surface area contributed by atoms with E-state index in [1.165, 1.54) is 18.2 Å². The van der Waals surface area contributed by atoms with Gasteiger partial charge in [-0.15, -0.1) is 0 Å². The van der Waals surface area contributed by atoms with E-state index in [0.29, 0.717) is 17.7 Å². The number of carbonyl (C=O) groups excluding carboxylic acids is 1. The number of ether oxygens (including phenoxy) is 1. The zero-order valence-electron chi connectivity index (χ0n) is 16.6. The Labute approximate surface area is 163 Å². The highest BCUT2D eigenvalue weighted by Crippen LogP contribution is 2.35. The molecule has 0 aliphatic heterocycles. The van der Waals surface area contributed by atoms with Gasteiger partial charge >= 0.3 is 6.09 Å². The molecule has 0 aliphatic carbocycles. The first-order chi connectivity index (χ1) is 13.0. The van der Waals surface area contributed by atoms with Crippen LogP contribution in [-0.2, 0) is 11.3 Å². The average molecular weight is 389 g/mol. The van der Waals surface area contributed by atoms with Crippen LogP contribution >= 0.6 is 0 Å². The van der Waals surface area contributed by atoms with E-state index in [2.05, 4.69) is 5.32 Å². The quantitative estimate of drug-likeness (QED) is 0.586. The van der Waals surface area contributed by atoms with Gasteiger partial charge in [0.25, 0.3) is 5.69 Å². The van der Waals surface area contributed by atoms with E-state index in [1.54, 1.807) is 39.0 Å². The summed E-state index contributed by atoms with van der Waals surface area (Å²) in [6, 6.07) is 8.67. The lowest BCUT2D eigenvalue weighted by atomic mass is 9.97. The van der Waals surface area contributed by atoms with Crippen molar-refractivity contribution in [1.29, 1.82) is 0 Å². The van der Waals surface area contributed by atoms with Gasteiger partial charge in [-0.3, -0.25) is 15.4 Å². The number of benzene rings is 2. The van der Waals surface area contributed by atoms with Crippen molar-refractivity contribution in [2.24, 2.45) is 0 Å². The maximum atomic E-state index is 13.3. The van der Waals surface area contributed by atoms with Gasteiger partial charge in [-0.25, -0.2) is 9.18 Å². The van der Waals surface area contributed by atoms with Crippen molar-refractivity contribution in [3.8, 4) is 11.1 Å². The van der Waals surface area contributed by atoms with Crippen molar-refractivity contribution >= 4 is 17.5 Å². The Bertz CT molecular complexity index is 874. The molecule has 0 aliphatic rings. The van der Waals surface area contributed by atoms with Crippen LogP contribution in [0.15, 0.2) is 36.4 Å². The van der Waals surface area contributed by atoms with Crippen molar-refractivity contribution in [3.63, 3.8) is 0 Å². The van der Waals surface area contributed by atoms with Gasteiger partial charge in [0.2, 0.25) is 0 Å². The summed E-state index contributed by atoms with van der Waals surface area (Å²) in [5.41, 5.74) is 1.02. The summed E-state index contributed by atoms with van der Waals surface area (Å²) in [7, 11) is 3.72. The molecule has 0 radical (unpaired) electrons. The van der Waals surface area contributed by atoms with E-state index < -0.39 is 22.4 Å². The maximum Gasteiger partial charge on any atom is 0.412 e. The molecule has 0 bridgehead atoms. The van der Waals surface area contributed by atoms with Gasteiger partial charge in [0, 0.05) is 12.6 Å². The number of hydrogen-bond acceptors (Lipinski definition) is 5. The Balaban J connectivity index is 2.55. The maximum absolute atomic E-state index is 13.3. The highest BCUT2D eigenvalue weighted by molar-refractivity contribution is 5.90. The summed E-state index contributed by atoms with van der Waals surface area (Å²) in [4.78, 5) is 25.0. The summed E-state index contributed by atoms with van der Waals surface area (Å²) < 4.78 is 18.5. The van der Waals surface area contributed by atoms with Crippen LogP contribution in [0.5, 0.6) is 0 Å². The molecule has 2 aromatic rings. The highest BCUT2D eigenvalue weighted by Gasteiger charge is 2.23. The Morgan fingerprint density at radius 3 is 2.32 bits per heavy atom. The zero-order valence-corrected chi connectivity index (χ0v) is 16.6. The minimum Gasteiger partial charge on any atom is -0.444 e. The Morgan fingerprint density at radius 2 is 1.82 bits per heavy atom. The molecule has 0 saturated heterocycles. The molecule has 7 nitrogen and oxygen atoms in total. The summed E-state index contributed by atoms with van der Waals surface area (Å²) in [6.45, 7) is 5.58. The van der Waals surface area contributed by atoms with Gasteiger partial charge in [0.05, 0.1) is 4.92 Å². The fraction of sp³-hybridized carbons (Fsp3) is 0.350. The number of carbonyl (C=O) groups is 1. The summed E-state index contributed by atoms with van der Waals surface area (Å²) >= 11 is 0. The van der Waals surface area contributed by atoms with Crippen LogP contribution in [0.2, 0.25) is 0 Å². The van der Waals surface area contributed by atoms with Crippen LogP contribution in [0.3, 0.4) is 0 Å². The first-order valence-electron chi connectivity index (χ1n) is 8.68. The number of nitrogens with one attached hydrogen (secondary N) is 1. The van der Waals surface area contributed by atoms with E-state index >= 15 is 0 Å². The SMILES string of the molecule is CN(C)Cc1cc(NC(=O)OC(C)(C)C)c([N+](=O)[O-])cc1-c1ccc(F)cc1.